The van der Waals surface area contributed by atoms with E-state index in [0.29, 0.717) is 6.42 Å². The molecule has 2 unspecified atom stereocenters. The van der Waals surface area contributed by atoms with Gasteiger partial charge >= 0.3 is 0 Å². The van der Waals surface area contributed by atoms with Crippen molar-refractivity contribution in [3.8, 4) is 5.75 Å². The van der Waals surface area contributed by atoms with Crippen molar-refractivity contribution in [3.05, 3.63) is 29.8 Å². The molecule has 0 saturated carbocycles. The van der Waals surface area contributed by atoms with Crippen molar-refractivity contribution in [1.82, 2.24) is 4.90 Å². The van der Waals surface area contributed by atoms with Gasteiger partial charge in [0, 0.05) is 31.5 Å². The summed E-state index contributed by atoms with van der Waals surface area (Å²) in [6.45, 7) is 1.97. The number of likely N-dealkylation sites (tertiary alicyclic amines) is 1. The average molecular weight is 219 g/mol. The minimum absolute atomic E-state index is 0.164. The van der Waals surface area contributed by atoms with Crippen LogP contribution in [0.25, 0.3) is 0 Å². The summed E-state index contributed by atoms with van der Waals surface area (Å²) in [6.07, 6.45) is 1.35. The molecule has 3 nitrogen and oxygen atoms in total. The quantitative estimate of drug-likeness (QED) is 0.719. The van der Waals surface area contributed by atoms with Gasteiger partial charge in [-0.15, -0.1) is 0 Å². The van der Waals surface area contributed by atoms with Crippen LogP contribution in [0.3, 0.4) is 0 Å². The zero-order chi connectivity index (χ0) is 11.2. The van der Waals surface area contributed by atoms with E-state index in [-0.39, 0.29) is 11.7 Å². The van der Waals surface area contributed by atoms with Crippen molar-refractivity contribution < 1.29 is 9.84 Å². The summed E-state index contributed by atoms with van der Waals surface area (Å²) in [6, 6.07) is 7.82. The van der Waals surface area contributed by atoms with Crippen LogP contribution in [0.2, 0.25) is 0 Å². The molecule has 0 radical (unpaired) electrons. The minimum atomic E-state index is -0.378. The lowest BCUT2D eigenvalue weighted by Crippen LogP contribution is -2.43. The van der Waals surface area contributed by atoms with E-state index in [0.717, 1.165) is 30.8 Å². The summed E-state index contributed by atoms with van der Waals surface area (Å²) < 4.78 is 6.12. The van der Waals surface area contributed by atoms with E-state index in [1.807, 2.05) is 24.3 Å². The number of aliphatic hydroxyl groups excluding tert-OH is 1. The van der Waals surface area contributed by atoms with E-state index >= 15 is 0 Å². The first-order valence-corrected chi connectivity index (χ1v) is 5.83. The number of para-hydroxylation sites is 1. The molecule has 86 valence electrons. The van der Waals surface area contributed by atoms with E-state index in [9.17, 15) is 5.11 Å². The third-order valence-corrected chi connectivity index (χ3v) is 3.68. The Bertz CT molecular complexity index is 407. The van der Waals surface area contributed by atoms with Crippen LogP contribution in [0, 0.1) is 0 Å². The van der Waals surface area contributed by atoms with Gasteiger partial charge in [0.15, 0.2) is 0 Å². The van der Waals surface area contributed by atoms with Crippen LogP contribution in [-0.2, 0) is 0 Å². The standard InChI is InChI=1S/C13H17NO2/c1-14-7-6-13(9-14)8-11(15)10-4-2-3-5-12(10)16-13/h2-5,11,15H,6-9H2,1H3. The van der Waals surface area contributed by atoms with Gasteiger partial charge in [-0.3, -0.25) is 0 Å². The lowest BCUT2D eigenvalue weighted by molar-refractivity contribution is -0.00577. The Hall–Kier alpha value is -1.06. The van der Waals surface area contributed by atoms with Gasteiger partial charge in [-0.2, -0.15) is 0 Å². The van der Waals surface area contributed by atoms with Gasteiger partial charge in [0.1, 0.15) is 11.4 Å². The molecule has 1 aromatic carbocycles. The molecule has 2 heterocycles. The van der Waals surface area contributed by atoms with Crippen molar-refractivity contribution in [3.63, 3.8) is 0 Å². The number of aliphatic hydroxyl groups is 1. The Balaban J connectivity index is 1.95. The molecule has 2 atom stereocenters. The fraction of sp³-hybridized carbons (Fsp3) is 0.538. The molecule has 1 fully saturated rings. The summed E-state index contributed by atoms with van der Waals surface area (Å²) in [7, 11) is 2.10. The van der Waals surface area contributed by atoms with Crippen molar-refractivity contribution in [2.45, 2.75) is 24.5 Å². The zero-order valence-corrected chi connectivity index (χ0v) is 9.52. The van der Waals surface area contributed by atoms with E-state index in [4.69, 9.17) is 4.74 Å². The van der Waals surface area contributed by atoms with E-state index in [1.54, 1.807) is 0 Å². The molecule has 2 aliphatic rings. The predicted octanol–water partition coefficient (Wildman–Crippen LogP) is 1.58. The SMILES string of the molecule is CN1CCC2(CC(O)c3ccccc3O2)C1. The molecule has 0 aliphatic carbocycles. The number of ether oxygens (including phenoxy) is 1. The molecule has 0 amide bonds. The second-order valence-corrected chi connectivity index (χ2v) is 5.03. The maximum atomic E-state index is 10.2. The van der Waals surface area contributed by atoms with Gasteiger partial charge in [-0.1, -0.05) is 18.2 Å². The largest absolute Gasteiger partial charge is 0.485 e. The predicted molar refractivity (Wildman–Crippen MR) is 61.5 cm³/mol. The van der Waals surface area contributed by atoms with E-state index in [1.165, 1.54) is 0 Å². The molecule has 0 bridgehead atoms. The van der Waals surface area contributed by atoms with Crippen molar-refractivity contribution in [2.24, 2.45) is 0 Å². The maximum Gasteiger partial charge on any atom is 0.126 e. The molecule has 1 saturated heterocycles. The highest BCUT2D eigenvalue weighted by Crippen LogP contribution is 2.43. The van der Waals surface area contributed by atoms with Crippen molar-refractivity contribution in [1.29, 1.82) is 0 Å². The number of fused-ring (bicyclic) bond motifs is 1. The average Bonchev–Trinajstić information content (AvgIpc) is 2.59. The second kappa shape index (κ2) is 3.47. The van der Waals surface area contributed by atoms with Crippen LogP contribution in [-0.4, -0.2) is 35.7 Å². The van der Waals surface area contributed by atoms with Crippen LogP contribution in [0.5, 0.6) is 5.75 Å². The Morgan fingerprint density at radius 3 is 3.00 bits per heavy atom. The zero-order valence-electron chi connectivity index (χ0n) is 9.52. The molecule has 1 spiro atoms. The lowest BCUT2D eigenvalue weighted by atomic mass is 9.88. The number of benzene rings is 1. The van der Waals surface area contributed by atoms with E-state index < -0.39 is 0 Å². The summed E-state index contributed by atoms with van der Waals surface area (Å²) >= 11 is 0. The molecule has 0 aromatic heterocycles. The molecule has 2 aliphatic heterocycles. The number of hydrogen-bond donors (Lipinski definition) is 1. The Morgan fingerprint density at radius 1 is 1.44 bits per heavy atom. The number of rotatable bonds is 0. The normalized spacial score (nSPS) is 33.8. The van der Waals surface area contributed by atoms with E-state index in [2.05, 4.69) is 11.9 Å². The smallest absolute Gasteiger partial charge is 0.126 e. The molecule has 3 rings (SSSR count). The summed E-state index contributed by atoms with van der Waals surface area (Å²) in [4.78, 5) is 2.26. The number of likely N-dealkylation sites (N-methyl/N-ethyl adjacent to an activating group) is 1. The lowest BCUT2D eigenvalue weighted by Gasteiger charge is -2.38. The van der Waals surface area contributed by atoms with Gasteiger partial charge in [0.05, 0.1) is 6.10 Å². The van der Waals surface area contributed by atoms with Crippen LogP contribution >= 0.6 is 0 Å². The van der Waals surface area contributed by atoms with Crippen molar-refractivity contribution >= 4 is 0 Å². The van der Waals surface area contributed by atoms with Gasteiger partial charge in [-0.25, -0.2) is 0 Å². The van der Waals surface area contributed by atoms with Crippen LogP contribution in [0.1, 0.15) is 24.5 Å². The Kier molecular flexibility index (Phi) is 2.19. The van der Waals surface area contributed by atoms with Gasteiger partial charge < -0.3 is 14.7 Å². The van der Waals surface area contributed by atoms with Gasteiger partial charge in [0.2, 0.25) is 0 Å². The molecule has 3 heteroatoms. The second-order valence-electron chi connectivity index (χ2n) is 5.03. The monoisotopic (exact) mass is 219 g/mol. The fourth-order valence-electron chi connectivity index (χ4n) is 2.88. The van der Waals surface area contributed by atoms with Crippen LogP contribution in [0.15, 0.2) is 24.3 Å². The molecule has 1 N–H and O–H groups in total. The van der Waals surface area contributed by atoms with Crippen LogP contribution in [0.4, 0.5) is 0 Å². The minimum Gasteiger partial charge on any atom is -0.485 e. The first kappa shape index (κ1) is 10.1. The third kappa shape index (κ3) is 1.51. The maximum absolute atomic E-state index is 10.2. The highest BCUT2D eigenvalue weighted by Gasteiger charge is 2.44. The topological polar surface area (TPSA) is 32.7 Å². The molecular formula is C13H17NO2. The first-order chi connectivity index (χ1) is 7.69. The fourth-order valence-corrected chi connectivity index (χ4v) is 2.88. The highest BCUT2D eigenvalue weighted by molar-refractivity contribution is 5.38. The Morgan fingerprint density at radius 2 is 2.25 bits per heavy atom. The molecular weight excluding hydrogens is 202 g/mol. The van der Waals surface area contributed by atoms with Crippen molar-refractivity contribution in [2.75, 3.05) is 20.1 Å². The molecule has 1 aromatic rings. The number of nitrogens with zero attached hydrogens (tertiary/aromatic N) is 1. The molecule has 16 heavy (non-hydrogen) atoms. The number of hydrogen-bond acceptors (Lipinski definition) is 3. The van der Waals surface area contributed by atoms with Crippen LogP contribution < -0.4 is 4.74 Å². The summed E-state index contributed by atoms with van der Waals surface area (Å²) in [5.74, 6) is 0.858. The van der Waals surface area contributed by atoms with Gasteiger partial charge in [0.25, 0.3) is 0 Å². The third-order valence-electron chi connectivity index (χ3n) is 3.68. The summed E-state index contributed by atoms with van der Waals surface area (Å²) in [5, 5.41) is 10.2. The first-order valence-electron chi connectivity index (χ1n) is 5.83. The highest BCUT2D eigenvalue weighted by atomic mass is 16.5. The summed E-state index contributed by atoms with van der Waals surface area (Å²) in [5.41, 5.74) is 0.769. The Labute approximate surface area is 95.6 Å². The van der Waals surface area contributed by atoms with Gasteiger partial charge in [-0.05, 0) is 13.1 Å².